The second-order valence-corrected chi connectivity index (χ2v) is 3.01. The molecule has 0 atom stereocenters. The fourth-order valence-corrected chi connectivity index (χ4v) is 1.21. The highest BCUT2D eigenvalue weighted by molar-refractivity contribution is 6.30. The molecule has 13 heavy (non-hydrogen) atoms. The van der Waals surface area contributed by atoms with Gasteiger partial charge in [0.2, 0.25) is 0 Å². The Kier molecular flexibility index (Phi) is 2.07. The van der Waals surface area contributed by atoms with Gasteiger partial charge in [0, 0.05) is 5.56 Å². The molecule has 3 heteroatoms. The first-order valence-corrected chi connectivity index (χ1v) is 4.14. The number of furan rings is 1. The van der Waals surface area contributed by atoms with Gasteiger partial charge in [0.15, 0.2) is 0 Å². The van der Waals surface area contributed by atoms with Crippen molar-refractivity contribution < 1.29 is 8.81 Å². The molecule has 0 saturated heterocycles. The van der Waals surface area contributed by atoms with Crippen molar-refractivity contribution in [2.45, 2.75) is 0 Å². The van der Waals surface area contributed by atoms with E-state index >= 15 is 0 Å². The van der Waals surface area contributed by atoms with Gasteiger partial charge < -0.3 is 4.42 Å². The molecule has 1 nitrogen and oxygen atoms in total. The van der Waals surface area contributed by atoms with Crippen LogP contribution in [0.3, 0.4) is 0 Å². The molecule has 0 aliphatic heterocycles. The number of hydrogen-bond donors (Lipinski definition) is 0. The zero-order valence-corrected chi connectivity index (χ0v) is 7.38. The van der Waals surface area contributed by atoms with Crippen molar-refractivity contribution in [3.8, 4) is 11.3 Å². The van der Waals surface area contributed by atoms with Gasteiger partial charge in [0.1, 0.15) is 11.6 Å². The zero-order chi connectivity index (χ0) is 9.26. The van der Waals surface area contributed by atoms with E-state index < -0.39 is 5.82 Å². The van der Waals surface area contributed by atoms with Crippen LogP contribution in [0.15, 0.2) is 41.0 Å². The van der Waals surface area contributed by atoms with Crippen LogP contribution in [0.2, 0.25) is 5.02 Å². The average Bonchev–Trinajstić information content (AvgIpc) is 2.62. The Morgan fingerprint density at radius 3 is 2.69 bits per heavy atom. The van der Waals surface area contributed by atoms with Crippen LogP contribution in [0.5, 0.6) is 0 Å². The molecule has 0 radical (unpaired) electrons. The predicted octanol–water partition coefficient (Wildman–Crippen LogP) is 3.74. The molecule has 0 N–H and O–H groups in total. The van der Waals surface area contributed by atoms with Crippen molar-refractivity contribution in [2.24, 2.45) is 0 Å². The first kappa shape index (κ1) is 8.32. The highest BCUT2D eigenvalue weighted by atomic mass is 35.5. The van der Waals surface area contributed by atoms with Gasteiger partial charge >= 0.3 is 0 Å². The Hall–Kier alpha value is -1.28. The molecule has 0 spiro atoms. The molecular formula is C10H6ClFO. The summed E-state index contributed by atoms with van der Waals surface area (Å²) in [5.74, 6) is 0.200. The van der Waals surface area contributed by atoms with Crippen LogP contribution in [-0.4, -0.2) is 0 Å². The summed E-state index contributed by atoms with van der Waals surface area (Å²) < 4.78 is 18.1. The number of benzene rings is 1. The molecule has 0 unspecified atom stereocenters. The summed E-state index contributed by atoms with van der Waals surface area (Å²) in [6.07, 6.45) is 1.54. The highest BCUT2D eigenvalue weighted by Gasteiger charge is 2.04. The normalized spacial score (nSPS) is 10.3. The van der Waals surface area contributed by atoms with E-state index in [2.05, 4.69) is 0 Å². The maximum absolute atomic E-state index is 13.0. The Balaban J connectivity index is 2.49. The molecule has 2 rings (SSSR count). The van der Waals surface area contributed by atoms with Crippen LogP contribution in [0, 0.1) is 5.82 Å². The average molecular weight is 197 g/mol. The Labute approximate surface area is 79.8 Å². The molecule has 0 amide bonds. The number of hydrogen-bond acceptors (Lipinski definition) is 1. The van der Waals surface area contributed by atoms with Gasteiger partial charge in [-0.15, -0.1) is 0 Å². The second kappa shape index (κ2) is 3.23. The second-order valence-electron chi connectivity index (χ2n) is 2.61. The molecule has 0 saturated carbocycles. The Bertz CT molecular complexity index is 409. The summed E-state index contributed by atoms with van der Waals surface area (Å²) in [6.45, 7) is 0. The summed E-state index contributed by atoms with van der Waals surface area (Å²) >= 11 is 5.54. The van der Waals surface area contributed by atoms with E-state index in [9.17, 15) is 4.39 Å². The molecule has 2 aromatic rings. The van der Waals surface area contributed by atoms with Gasteiger partial charge in [-0.25, -0.2) is 4.39 Å². The van der Waals surface area contributed by atoms with Crippen molar-refractivity contribution in [1.29, 1.82) is 0 Å². The third-order valence-electron chi connectivity index (χ3n) is 1.73. The van der Waals surface area contributed by atoms with Crippen LogP contribution < -0.4 is 0 Å². The van der Waals surface area contributed by atoms with Crippen LogP contribution in [0.25, 0.3) is 11.3 Å². The highest BCUT2D eigenvalue weighted by Crippen LogP contribution is 2.24. The minimum absolute atomic E-state index is 0.121. The van der Waals surface area contributed by atoms with E-state index in [4.69, 9.17) is 16.0 Å². The first-order valence-electron chi connectivity index (χ1n) is 3.76. The Morgan fingerprint density at radius 2 is 2.08 bits per heavy atom. The van der Waals surface area contributed by atoms with Gasteiger partial charge in [0.05, 0.1) is 11.3 Å². The van der Waals surface area contributed by atoms with Crippen molar-refractivity contribution >= 4 is 11.6 Å². The van der Waals surface area contributed by atoms with Gasteiger partial charge in [0.25, 0.3) is 0 Å². The van der Waals surface area contributed by atoms with Gasteiger partial charge in [-0.3, -0.25) is 0 Å². The molecule has 1 aromatic carbocycles. The van der Waals surface area contributed by atoms with Crippen LogP contribution in [0.1, 0.15) is 0 Å². The standard InChI is InChI=1S/C10H6ClFO/c11-8-4-3-7(6-9(8)12)10-2-1-5-13-10/h1-6H. The molecule has 1 aromatic heterocycles. The summed E-state index contributed by atoms with van der Waals surface area (Å²) in [4.78, 5) is 0. The van der Waals surface area contributed by atoms with E-state index in [0.717, 1.165) is 0 Å². The smallest absolute Gasteiger partial charge is 0.142 e. The lowest BCUT2D eigenvalue weighted by atomic mass is 10.2. The minimum atomic E-state index is -0.435. The topological polar surface area (TPSA) is 13.1 Å². The van der Waals surface area contributed by atoms with Crippen LogP contribution in [0.4, 0.5) is 4.39 Å². The van der Waals surface area contributed by atoms with E-state index in [-0.39, 0.29) is 5.02 Å². The molecule has 0 aliphatic carbocycles. The molecule has 0 fully saturated rings. The van der Waals surface area contributed by atoms with E-state index in [1.807, 2.05) is 0 Å². The van der Waals surface area contributed by atoms with Gasteiger partial charge in [-0.1, -0.05) is 11.6 Å². The third-order valence-corrected chi connectivity index (χ3v) is 2.03. The summed E-state index contributed by atoms with van der Waals surface area (Å²) in [5.41, 5.74) is 0.687. The number of rotatable bonds is 1. The summed E-state index contributed by atoms with van der Waals surface area (Å²) in [7, 11) is 0. The summed E-state index contributed by atoms with van der Waals surface area (Å²) in [6, 6.07) is 8.09. The third kappa shape index (κ3) is 1.58. The molecule has 0 bridgehead atoms. The van der Waals surface area contributed by atoms with Crippen LogP contribution in [-0.2, 0) is 0 Å². The SMILES string of the molecule is Fc1cc(-c2ccco2)ccc1Cl. The van der Waals surface area contributed by atoms with Crippen molar-refractivity contribution in [3.05, 3.63) is 47.4 Å². The zero-order valence-electron chi connectivity index (χ0n) is 6.63. The largest absolute Gasteiger partial charge is 0.464 e. The quantitative estimate of drug-likeness (QED) is 0.677. The fourth-order valence-electron chi connectivity index (χ4n) is 1.09. The van der Waals surface area contributed by atoms with Gasteiger partial charge in [-0.2, -0.15) is 0 Å². The lowest BCUT2D eigenvalue weighted by Gasteiger charge is -1.97. The first-order chi connectivity index (χ1) is 6.27. The van der Waals surface area contributed by atoms with Crippen molar-refractivity contribution in [1.82, 2.24) is 0 Å². The summed E-state index contributed by atoms with van der Waals surface area (Å²) in [5, 5.41) is 0.121. The predicted molar refractivity (Wildman–Crippen MR) is 49.1 cm³/mol. The van der Waals surface area contributed by atoms with Crippen molar-refractivity contribution in [2.75, 3.05) is 0 Å². The maximum atomic E-state index is 13.0. The van der Waals surface area contributed by atoms with Crippen molar-refractivity contribution in [3.63, 3.8) is 0 Å². The molecule has 66 valence electrons. The maximum Gasteiger partial charge on any atom is 0.142 e. The monoisotopic (exact) mass is 196 g/mol. The van der Waals surface area contributed by atoms with E-state index in [0.29, 0.717) is 11.3 Å². The fraction of sp³-hybridized carbons (Fsp3) is 0. The van der Waals surface area contributed by atoms with E-state index in [1.54, 1.807) is 24.5 Å². The number of halogens is 2. The van der Waals surface area contributed by atoms with Gasteiger partial charge in [-0.05, 0) is 30.3 Å². The molecule has 1 heterocycles. The lowest BCUT2D eigenvalue weighted by Crippen LogP contribution is -1.78. The van der Waals surface area contributed by atoms with Crippen LogP contribution >= 0.6 is 11.6 Å². The Morgan fingerprint density at radius 1 is 1.23 bits per heavy atom. The molecular weight excluding hydrogens is 191 g/mol. The lowest BCUT2D eigenvalue weighted by molar-refractivity contribution is 0.580. The minimum Gasteiger partial charge on any atom is -0.464 e. The molecule has 0 aliphatic rings. The van der Waals surface area contributed by atoms with E-state index in [1.165, 1.54) is 12.1 Å².